The Kier molecular flexibility index (Phi) is 7.12. The third kappa shape index (κ3) is 4.89. The van der Waals surface area contributed by atoms with Crippen LogP contribution in [-0.2, 0) is 6.42 Å². The summed E-state index contributed by atoms with van der Waals surface area (Å²) in [5, 5.41) is 12.9. The van der Waals surface area contributed by atoms with Crippen LogP contribution in [0, 0.1) is 18.6 Å². The van der Waals surface area contributed by atoms with Crippen molar-refractivity contribution in [1.82, 2.24) is 5.32 Å². The Labute approximate surface area is 197 Å². The van der Waals surface area contributed by atoms with Crippen LogP contribution in [0.15, 0.2) is 54.6 Å². The lowest BCUT2D eigenvalue weighted by atomic mass is 9.82. The summed E-state index contributed by atoms with van der Waals surface area (Å²) >= 11 is 0. The normalized spacial score (nSPS) is 17.1. The standard InChI is InChI=1S/C27H27F2NO4/c1-16-7-9-20(26(29)25(16)27(31)32)21-14-18(34-23-6-4-3-5-19(21)23)15-30-12-11-17-8-10-22(28)24(13-17)33-2/h3-10,13,18,21,30H,11-12,14-15H2,1-2H3,(H,31,32). The SMILES string of the molecule is COc1cc(CCNCC2CC(c3ccc(C)c(C(=O)O)c3F)c3ccccc3O2)ccc1F. The van der Waals surface area contributed by atoms with Crippen LogP contribution < -0.4 is 14.8 Å². The number of para-hydroxylation sites is 1. The molecule has 0 saturated heterocycles. The van der Waals surface area contributed by atoms with Crippen molar-refractivity contribution in [3.63, 3.8) is 0 Å². The van der Waals surface area contributed by atoms with Crippen LogP contribution >= 0.6 is 0 Å². The Bertz CT molecular complexity index is 1200. The average Bonchev–Trinajstić information content (AvgIpc) is 2.82. The zero-order chi connectivity index (χ0) is 24.2. The molecule has 0 bridgehead atoms. The monoisotopic (exact) mass is 467 g/mol. The van der Waals surface area contributed by atoms with E-state index in [0.717, 1.165) is 11.1 Å². The highest BCUT2D eigenvalue weighted by Gasteiger charge is 2.32. The number of aromatic carboxylic acids is 1. The molecule has 1 heterocycles. The fourth-order valence-corrected chi connectivity index (χ4v) is 4.49. The zero-order valence-corrected chi connectivity index (χ0v) is 19.1. The maximum atomic E-state index is 15.3. The fraction of sp³-hybridized carbons (Fsp3) is 0.296. The Morgan fingerprint density at radius 3 is 2.71 bits per heavy atom. The van der Waals surface area contributed by atoms with E-state index in [-0.39, 0.29) is 23.3 Å². The van der Waals surface area contributed by atoms with Crippen molar-refractivity contribution in [3.05, 3.63) is 94.0 Å². The van der Waals surface area contributed by atoms with E-state index in [1.54, 1.807) is 31.2 Å². The highest BCUT2D eigenvalue weighted by Crippen LogP contribution is 2.41. The molecule has 0 amide bonds. The molecule has 2 unspecified atom stereocenters. The second kappa shape index (κ2) is 10.2. The molecule has 7 heteroatoms. The summed E-state index contributed by atoms with van der Waals surface area (Å²) in [5.74, 6) is -1.79. The molecule has 0 radical (unpaired) electrons. The van der Waals surface area contributed by atoms with Gasteiger partial charge in [0.15, 0.2) is 11.6 Å². The van der Waals surface area contributed by atoms with Gasteiger partial charge in [-0.1, -0.05) is 36.4 Å². The van der Waals surface area contributed by atoms with Gasteiger partial charge in [0.1, 0.15) is 17.7 Å². The number of hydrogen-bond donors (Lipinski definition) is 2. The summed E-state index contributed by atoms with van der Waals surface area (Å²) < 4.78 is 40.1. The lowest BCUT2D eigenvalue weighted by Gasteiger charge is -2.33. The number of carbonyl (C=O) groups is 1. The van der Waals surface area contributed by atoms with Gasteiger partial charge in [0, 0.05) is 18.0 Å². The van der Waals surface area contributed by atoms with Gasteiger partial charge >= 0.3 is 5.97 Å². The van der Waals surface area contributed by atoms with Gasteiger partial charge < -0.3 is 19.9 Å². The summed E-state index contributed by atoms with van der Waals surface area (Å²) in [6, 6.07) is 15.6. The number of halogens is 2. The number of fused-ring (bicyclic) bond motifs is 1. The van der Waals surface area contributed by atoms with Gasteiger partial charge in [-0.15, -0.1) is 0 Å². The third-order valence-corrected chi connectivity index (χ3v) is 6.23. The third-order valence-electron chi connectivity index (χ3n) is 6.23. The van der Waals surface area contributed by atoms with E-state index in [2.05, 4.69) is 5.32 Å². The Hall–Kier alpha value is -3.45. The number of methoxy groups -OCH3 is 1. The van der Waals surface area contributed by atoms with Gasteiger partial charge in [-0.05, 0) is 61.2 Å². The summed E-state index contributed by atoms with van der Waals surface area (Å²) in [6.07, 6.45) is 0.961. The molecular formula is C27H27F2NO4. The van der Waals surface area contributed by atoms with E-state index in [4.69, 9.17) is 9.47 Å². The first-order chi connectivity index (χ1) is 16.4. The predicted molar refractivity (Wildman–Crippen MR) is 125 cm³/mol. The minimum Gasteiger partial charge on any atom is -0.494 e. The molecule has 0 spiro atoms. The molecule has 5 nitrogen and oxygen atoms in total. The molecular weight excluding hydrogens is 440 g/mol. The minimum absolute atomic E-state index is 0.216. The van der Waals surface area contributed by atoms with E-state index in [1.807, 2.05) is 24.3 Å². The summed E-state index contributed by atoms with van der Waals surface area (Å²) in [4.78, 5) is 11.6. The lowest BCUT2D eigenvalue weighted by molar-refractivity contribution is 0.0690. The molecule has 0 fully saturated rings. The maximum absolute atomic E-state index is 15.3. The van der Waals surface area contributed by atoms with Crippen LogP contribution in [0.4, 0.5) is 8.78 Å². The molecule has 1 aliphatic rings. The van der Waals surface area contributed by atoms with Gasteiger partial charge in [-0.2, -0.15) is 0 Å². The van der Waals surface area contributed by atoms with E-state index >= 15 is 4.39 Å². The second-order valence-corrected chi connectivity index (χ2v) is 8.45. The number of rotatable bonds is 8. The summed E-state index contributed by atoms with van der Waals surface area (Å²) in [5.41, 5.74) is 2.26. The van der Waals surface area contributed by atoms with E-state index in [1.165, 1.54) is 13.2 Å². The first-order valence-electron chi connectivity index (χ1n) is 11.2. The van der Waals surface area contributed by atoms with E-state index in [0.29, 0.717) is 42.8 Å². The number of hydrogen-bond acceptors (Lipinski definition) is 4. The van der Waals surface area contributed by atoms with Gasteiger partial charge in [0.25, 0.3) is 0 Å². The number of ether oxygens (including phenoxy) is 2. The number of benzene rings is 3. The highest BCUT2D eigenvalue weighted by atomic mass is 19.1. The minimum atomic E-state index is -1.27. The van der Waals surface area contributed by atoms with Gasteiger partial charge in [0.2, 0.25) is 0 Å². The molecule has 3 aromatic rings. The van der Waals surface area contributed by atoms with Gasteiger partial charge in [-0.25, -0.2) is 13.6 Å². The summed E-state index contributed by atoms with van der Waals surface area (Å²) in [6.45, 7) is 2.77. The fourth-order valence-electron chi connectivity index (χ4n) is 4.49. The van der Waals surface area contributed by atoms with Crippen LogP contribution in [0.3, 0.4) is 0 Å². The number of carboxylic acids is 1. The van der Waals surface area contributed by atoms with Crippen LogP contribution in [0.2, 0.25) is 0 Å². The zero-order valence-electron chi connectivity index (χ0n) is 19.1. The molecule has 2 N–H and O–H groups in total. The largest absolute Gasteiger partial charge is 0.494 e. The van der Waals surface area contributed by atoms with Crippen molar-refractivity contribution in [1.29, 1.82) is 0 Å². The number of nitrogens with one attached hydrogen (secondary N) is 1. The van der Waals surface area contributed by atoms with Crippen molar-refractivity contribution in [3.8, 4) is 11.5 Å². The van der Waals surface area contributed by atoms with Crippen LogP contribution in [0.25, 0.3) is 0 Å². The molecule has 3 aromatic carbocycles. The smallest absolute Gasteiger partial charge is 0.338 e. The molecule has 2 atom stereocenters. The topological polar surface area (TPSA) is 67.8 Å². The van der Waals surface area contributed by atoms with Crippen molar-refractivity contribution < 1.29 is 28.2 Å². The average molecular weight is 468 g/mol. The molecule has 4 rings (SSSR count). The first-order valence-corrected chi connectivity index (χ1v) is 11.2. The molecule has 0 aliphatic carbocycles. The number of aryl methyl sites for hydroxylation is 1. The quantitative estimate of drug-likeness (QED) is 0.452. The Balaban J connectivity index is 1.48. The second-order valence-electron chi connectivity index (χ2n) is 8.45. The number of carboxylic acid groups (broad SMARTS) is 1. The molecule has 0 aromatic heterocycles. The molecule has 0 saturated carbocycles. The van der Waals surface area contributed by atoms with E-state index in [9.17, 15) is 14.3 Å². The van der Waals surface area contributed by atoms with Crippen molar-refractivity contribution in [2.45, 2.75) is 31.8 Å². The van der Waals surface area contributed by atoms with Gasteiger partial charge in [-0.3, -0.25) is 0 Å². The molecule has 1 aliphatic heterocycles. The Morgan fingerprint density at radius 1 is 1.15 bits per heavy atom. The van der Waals surface area contributed by atoms with Crippen molar-refractivity contribution in [2.75, 3.05) is 20.2 Å². The van der Waals surface area contributed by atoms with Crippen LogP contribution in [0.5, 0.6) is 11.5 Å². The first kappa shape index (κ1) is 23.7. The lowest BCUT2D eigenvalue weighted by Crippen LogP contribution is -2.36. The maximum Gasteiger partial charge on any atom is 0.338 e. The Morgan fingerprint density at radius 2 is 1.94 bits per heavy atom. The van der Waals surface area contributed by atoms with Gasteiger partial charge in [0.05, 0.1) is 12.7 Å². The van der Waals surface area contributed by atoms with Crippen molar-refractivity contribution >= 4 is 5.97 Å². The predicted octanol–water partition coefficient (Wildman–Crippen LogP) is 5.10. The van der Waals surface area contributed by atoms with Crippen molar-refractivity contribution in [2.24, 2.45) is 0 Å². The van der Waals surface area contributed by atoms with Crippen LogP contribution in [0.1, 0.15) is 45.0 Å². The van der Waals surface area contributed by atoms with E-state index < -0.39 is 17.6 Å². The molecule has 178 valence electrons. The van der Waals surface area contributed by atoms with Crippen LogP contribution in [-0.4, -0.2) is 37.4 Å². The summed E-state index contributed by atoms with van der Waals surface area (Å²) in [7, 11) is 1.44. The molecule has 34 heavy (non-hydrogen) atoms. The highest BCUT2D eigenvalue weighted by molar-refractivity contribution is 5.90.